The molecule has 1 fully saturated rings. The normalized spacial score (nSPS) is 20.8. The van der Waals surface area contributed by atoms with E-state index >= 15 is 0 Å². The average molecular weight is 305 g/mol. The highest BCUT2D eigenvalue weighted by molar-refractivity contribution is 7.54. The first-order valence-electron chi connectivity index (χ1n) is 5.97. The second-order valence-electron chi connectivity index (χ2n) is 3.31. The molecule has 0 unspecified atom stereocenters. The van der Waals surface area contributed by atoms with Crippen molar-refractivity contribution in [3.63, 3.8) is 0 Å². The predicted molar refractivity (Wildman–Crippen MR) is 75.2 cm³/mol. The van der Waals surface area contributed by atoms with Gasteiger partial charge in [-0.2, -0.15) is 0 Å². The third-order valence-electron chi connectivity index (χ3n) is 2.47. The third kappa shape index (κ3) is 4.70. The van der Waals surface area contributed by atoms with Crippen LogP contribution in [0.5, 0.6) is 0 Å². The molecule has 0 radical (unpaired) electrons. The lowest BCUT2D eigenvalue weighted by atomic mass is 10.4. The van der Waals surface area contributed by atoms with Crippen LogP contribution in [0, 0.1) is 0 Å². The van der Waals surface area contributed by atoms with E-state index in [0.717, 1.165) is 19.5 Å². The average Bonchev–Trinajstić information content (AvgIpc) is 2.37. The SMILES string of the molecule is CC.COP1(=O)N(CCCl)CCCN1CCCl. The highest BCUT2D eigenvalue weighted by atomic mass is 35.5. The molecule has 4 nitrogen and oxygen atoms in total. The first-order chi connectivity index (χ1) is 8.19. The van der Waals surface area contributed by atoms with E-state index in [9.17, 15) is 4.57 Å². The Morgan fingerprint density at radius 1 is 1.12 bits per heavy atom. The molecular weight excluding hydrogens is 282 g/mol. The quantitative estimate of drug-likeness (QED) is 0.576. The van der Waals surface area contributed by atoms with Crippen LogP contribution in [0.3, 0.4) is 0 Å². The number of nitrogens with zero attached hydrogens (tertiary/aromatic N) is 2. The summed E-state index contributed by atoms with van der Waals surface area (Å²) in [4.78, 5) is 0. The summed E-state index contributed by atoms with van der Waals surface area (Å²) in [5.74, 6) is 0.921. The number of halogens is 2. The Balaban J connectivity index is 0.00000121. The zero-order valence-corrected chi connectivity index (χ0v) is 13.3. The molecule has 0 bridgehead atoms. The Kier molecular flexibility index (Phi) is 9.99. The lowest BCUT2D eigenvalue weighted by Gasteiger charge is -2.41. The van der Waals surface area contributed by atoms with Gasteiger partial charge in [0.25, 0.3) is 0 Å². The molecule has 1 rings (SSSR count). The molecule has 0 saturated carbocycles. The Hall–Kier alpha value is 0.690. The fraction of sp³-hybridized carbons (Fsp3) is 1.00. The van der Waals surface area contributed by atoms with E-state index in [-0.39, 0.29) is 0 Å². The number of alkyl halides is 2. The van der Waals surface area contributed by atoms with Crippen LogP contribution in [-0.2, 0) is 9.09 Å². The Bertz CT molecular complexity index is 222. The van der Waals surface area contributed by atoms with Crippen molar-refractivity contribution < 1.29 is 9.09 Å². The van der Waals surface area contributed by atoms with Crippen LogP contribution >= 0.6 is 30.9 Å². The van der Waals surface area contributed by atoms with Crippen LogP contribution in [0.4, 0.5) is 0 Å². The lowest BCUT2D eigenvalue weighted by molar-refractivity contribution is 0.212. The van der Waals surface area contributed by atoms with Gasteiger partial charge in [0, 0.05) is 45.0 Å². The molecule has 0 aromatic carbocycles. The molecule has 1 aliphatic rings. The van der Waals surface area contributed by atoms with Crippen LogP contribution < -0.4 is 0 Å². The minimum atomic E-state index is -2.85. The van der Waals surface area contributed by atoms with Gasteiger partial charge in [0.2, 0.25) is 0 Å². The summed E-state index contributed by atoms with van der Waals surface area (Å²) in [6, 6.07) is 0. The van der Waals surface area contributed by atoms with Crippen LogP contribution in [0.15, 0.2) is 0 Å². The van der Waals surface area contributed by atoms with Crippen LogP contribution in [0.1, 0.15) is 20.3 Å². The van der Waals surface area contributed by atoms with Crippen molar-refractivity contribution in [2.75, 3.05) is 45.0 Å². The molecule has 0 atom stereocenters. The highest BCUT2D eigenvalue weighted by Gasteiger charge is 2.39. The smallest absolute Gasteiger partial charge is 0.309 e. The van der Waals surface area contributed by atoms with Gasteiger partial charge in [-0.15, -0.1) is 23.2 Å². The van der Waals surface area contributed by atoms with E-state index in [1.54, 1.807) is 0 Å². The monoisotopic (exact) mass is 304 g/mol. The Morgan fingerprint density at radius 2 is 1.53 bits per heavy atom. The van der Waals surface area contributed by atoms with Gasteiger partial charge in [-0.3, -0.25) is 4.57 Å². The van der Waals surface area contributed by atoms with E-state index in [1.807, 2.05) is 23.2 Å². The molecule has 0 N–H and O–H groups in total. The standard InChI is InChI=1S/C8H17Cl2N2O2P.C2H6/c1-14-15(13)11(7-3-9)5-2-6-12(15)8-4-10;1-2/h2-8H2,1H3;1-2H3. The zero-order chi connectivity index (χ0) is 13.3. The van der Waals surface area contributed by atoms with Crippen molar-refractivity contribution in [3.8, 4) is 0 Å². The van der Waals surface area contributed by atoms with Crippen molar-refractivity contribution in [2.45, 2.75) is 20.3 Å². The largest absolute Gasteiger partial charge is 0.345 e. The van der Waals surface area contributed by atoms with Gasteiger partial charge < -0.3 is 4.52 Å². The van der Waals surface area contributed by atoms with Crippen molar-refractivity contribution >= 4 is 30.9 Å². The van der Waals surface area contributed by atoms with Gasteiger partial charge in [-0.05, 0) is 6.42 Å². The van der Waals surface area contributed by atoms with Gasteiger partial charge in [0.1, 0.15) is 0 Å². The van der Waals surface area contributed by atoms with E-state index in [2.05, 4.69) is 0 Å². The summed E-state index contributed by atoms with van der Waals surface area (Å²) in [7, 11) is -1.37. The second-order valence-corrected chi connectivity index (χ2v) is 6.55. The van der Waals surface area contributed by atoms with E-state index in [0.29, 0.717) is 24.8 Å². The topological polar surface area (TPSA) is 32.8 Å². The molecule has 1 saturated heterocycles. The summed E-state index contributed by atoms with van der Waals surface area (Å²) in [6.45, 7) is 6.73. The molecule has 1 aliphatic heterocycles. The van der Waals surface area contributed by atoms with Crippen molar-refractivity contribution in [1.29, 1.82) is 0 Å². The van der Waals surface area contributed by atoms with E-state index < -0.39 is 7.67 Å². The molecule has 0 amide bonds. The molecule has 1 heterocycles. The molecule has 104 valence electrons. The maximum atomic E-state index is 12.6. The summed E-state index contributed by atoms with van der Waals surface area (Å²) < 4.78 is 21.4. The Labute approximate surface area is 115 Å². The fourth-order valence-corrected chi connectivity index (χ4v) is 4.73. The van der Waals surface area contributed by atoms with E-state index in [1.165, 1.54) is 7.11 Å². The van der Waals surface area contributed by atoms with Crippen LogP contribution in [0.25, 0.3) is 0 Å². The molecular formula is C10H23Cl2N2O2P. The molecule has 0 aromatic rings. The van der Waals surface area contributed by atoms with Crippen molar-refractivity contribution in [3.05, 3.63) is 0 Å². The Morgan fingerprint density at radius 3 is 1.82 bits per heavy atom. The number of hydrogen-bond acceptors (Lipinski definition) is 2. The summed E-state index contributed by atoms with van der Waals surface area (Å²) in [5.41, 5.74) is 0. The minimum absolute atomic E-state index is 0.460. The minimum Gasteiger partial charge on any atom is -0.309 e. The predicted octanol–water partition coefficient (Wildman–Crippen LogP) is 3.25. The molecule has 7 heteroatoms. The summed E-state index contributed by atoms with van der Waals surface area (Å²) >= 11 is 11.4. The van der Waals surface area contributed by atoms with Crippen molar-refractivity contribution in [1.82, 2.24) is 9.34 Å². The number of hydrogen-bond donors (Lipinski definition) is 0. The van der Waals surface area contributed by atoms with Gasteiger partial charge in [-0.25, -0.2) is 9.34 Å². The third-order valence-corrected chi connectivity index (χ3v) is 5.51. The maximum absolute atomic E-state index is 12.6. The lowest BCUT2D eigenvalue weighted by Crippen LogP contribution is -2.41. The van der Waals surface area contributed by atoms with Gasteiger partial charge in [0.05, 0.1) is 0 Å². The van der Waals surface area contributed by atoms with Gasteiger partial charge in [-0.1, -0.05) is 13.8 Å². The second kappa shape index (κ2) is 9.60. The number of rotatable bonds is 5. The van der Waals surface area contributed by atoms with Gasteiger partial charge in [0.15, 0.2) is 0 Å². The van der Waals surface area contributed by atoms with Gasteiger partial charge >= 0.3 is 7.67 Å². The first kappa shape index (κ1) is 17.7. The summed E-state index contributed by atoms with van der Waals surface area (Å²) in [6.07, 6.45) is 0.973. The highest BCUT2D eigenvalue weighted by Crippen LogP contribution is 2.55. The zero-order valence-electron chi connectivity index (χ0n) is 10.9. The summed E-state index contributed by atoms with van der Waals surface area (Å²) in [5, 5.41) is 0. The van der Waals surface area contributed by atoms with Crippen LogP contribution in [-0.4, -0.2) is 54.4 Å². The molecule has 0 aliphatic carbocycles. The van der Waals surface area contributed by atoms with Crippen molar-refractivity contribution in [2.24, 2.45) is 0 Å². The fourth-order valence-electron chi connectivity index (χ4n) is 1.77. The molecule has 0 aromatic heterocycles. The maximum Gasteiger partial charge on any atom is 0.345 e. The molecule has 17 heavy (non-hydrogen) atoms. The first-order valence-corrected chi connectivity index (χ1v) is 8.57. The van der Waals surface area contributed by atoms with Crippen LogP contribution in [0.2, 0.25) is 0 Å². The molecule has 0 spiro atoms. The van der Waals surface area contributed by atoms with E-state index in [4.69, 9.17) is 27.7 Å².